The van der Waals surface area contributed by atoms with Crippen molar-refractivity contribution in [3.8, 4) is 0 Å². The highest BCUT2D eigenvalue weighted by Gasteiger charge is 2.18. The van der Waals surface area contributed by atoms with Crippen molar-refractivity contribution in [1.29, 1.82) is 0 Å². The first-order valence-electron chi connectivity index (χ1n) is 5.41. The van der Waals surface area contributed by atoms with Gasteiger partial charge in [-0.15, -0.1) is 0 Å². The first-order chi connectivity index (χ1) is 7.37. The fraction of sp³-hybridized carbons (Fsp3) is 0.636. The Labute approximate surface area is 95.8 Å². The van der Waals surface area contributed by atoms with Crippen molar-refractivity contribution < 1.29 is 4.79 Å². The van der Waals surface area contributed by atoms with Gasteiger partial charge in [-0.05, 0) is 11.8 Å². The number of aromatic amines is 1. The third-order valence-electron chi connectivity index (χ3n) is 2.10. The lowest BCUT2D eigenvalue weighted by Gasteiger charge is -2.22. The lowest BCUT2D eigenvalue weighted by Crippen LogP contribution is -2.31. The molecule has 0 spiro atoms. The van der Waals surface area contributed by atoms with Gasteiger partial charge in [-0.3, -0.25) is 9.89 Å². The highest BCUT2D eigenvalue weighted by molar-refractivity contribution is 5.90. The summed E-state index contributed by atoms with van der Waals surface area (Å²) < 4.78 is 0. The van der Waals surface area contributed by atoms with Gasteiger partial charge in [0, 0.05) is 18.7 Å². The van der Waals surface area contributed by atoms with Crippen LogP contribution in [0.5, 0.6) is 0 Å². The van der Waals surface area contributed by atoms with Gasteiger partial charge in [0.1, 0.15) is 0 Å². The fourth-order valence-corrected chi connectivity index (χ4v) is 1.63. The summed E-state index contributed by atoms with van der Waals surface area (Å²) >= 11 is 0. The Balaban J connectivity index is 2.34. The SMILES string of the molecule is CC(C)(C)CC(N)CC(=O)Nc1cn[nH]c1. The molecule has 0 saturated carbocycles. The number of rotatable bonds is 4. The van der Waals surface area contributed by atoms with Gasteiger partial charge in [0.2, 0.25) is 5.91 Å². The van der Waals surface area contributed by atoms with Crippen LogP contribution in [0.25, 0.3) is 0 Å². The predicted octanol–water partition coefficient (Wildman–Crippen LogP) is 1.50. The van der Waals surface area contributed by atoms with Crippen molar-refractivity contribution in [2.75, 3.05) is 5.32 Å². The Kier molecular flexibility index (Phi) is 4.06. The van der Waals surface area contributed by atoms with Crippen molar-refractivity contribution in [3.05, 3.63) is 12.4 Å². The number of nitrogens with one attached hydrogen (secondary N) is 2. The van der Waals surface area contributed by atoms with Crippen LogP contribution in [0, 0.1) is 5.41 Å². The molecule has 1 amide bonds. The van der Waals surface area contributed by atoms with E-state index in [1.54, 1.807) is 12.4 Å². The molecule has 0 aliphatic heterocycles. The Hall–Kier alpha value is -1.36. The van der Waals surface area contributed by atoms with E-state index in [4.69, 9.17) is 5.73 Å². The number of amides is 1. The van der Waals surface area contributed by atoms with Crippen LogP contribution in [0.1, 0.15) is 33.6 Å². The van der Waals surface area contributed by atoms with Gasteiger partial charge in [-0.1, -0.05) is 20.8 Å². The number of nitrogens with zero attached hydrogens (tertiary/aromatic N) is 1. The molecule has 0 saturated heterocycles. The number of nitrogens with two attached hydrogens (primary N) is 1. The van der Waals surface area contributed by atoms with Crippen LogP contribution in [0.4, 0.5) is 5.69 Å². The Morgan fingerprint density at radius 2 is 2.31 bits per heavy atom. The fourth-order valence-electron chi connectivity index (χ4n) is 1.63. The van der Waals surface area contributed by atoms with E-state index < -0.39 is 0 Å². The third kappa shape index (κ3) is 4.93. The summed E-state index contributed by atoms with van der Waals surface area (Å²) in [5.41, 5.74) is 6.73. The van der Waals surface area contributed by atoms with E-state index in [-0.39, 0.29) is 17.4 Å². The Bertz CT molecular complexity index is 326. The lowest BCUT2D eigenvalue weighted by atomic mass is 9.87. The van der Waals surface area contributed by atoms with Crippen molar-refractivity contribution in [3.63, 3.8) is 0 Å². The van der Waals surface area contributed by atoms with Gasteiger partial charge >= 0.3 is 0 Å². The molecule has 1 rings (SSSR count). The standard InChI is InChI=1S/C11H20N4O/c1-11(2,3)5-8(12)4-10(16)15-9-6-13-14-7-9/h6-8H,4-5,12H2,1-3H3,(H,13,14)(H,15,16). The zero-order valence-corrected chi connectivity index (χ0v) is 10.1. The topological polar surface area (TPSA) is 83.8 Å². The minimum Gasteiger partial charge on any atom is -0.327 e. The van der Waals surface area contributed by atoms with E-state index in [1.807, 2.05) is 0 Å². The molecule has 5 nitrogen and oxygen atoms in total. The molecule has 90 valence electrons. The summed E-state index contributed by atoms with van der Waals surface area (Å²) in [7, 11) is 0. The summed E-state index contributed by atoms with van der Waals surface area (Å²) in [6.45, 7) is 6.34. The first kappa shape index (κ1) is 12.7. The molecule has 1 unspecified atom stereocenters. The number of carbonyl (C=O) groups is 1. The van der Waals surface area contributed by atoms with E-state index in [1.165, 1.54) is 0 Å². The zero-order chi connectivity index (χ0) is 12.2. The summed E-state index contributed by atoms with van der Waals surface area (Å²) in [4.78, 5) is 11.6. The molecule has 0 bridgehead atoms. The van der Waals surface area contributed by atoms with Crippen LogP contribution in [0.15, 0.2) is 12.4 Å². The van der Waals surface area contributed by atoms with Crippen LogP contribution < -0.4 is 11.1 Å². The average molecular weight is 224 g/mol. The Morgan fingerprint density at radius 1 is 1.62 bits per heavy atom. The van der Waals surface area contributed by atoms with Crippen LogP contribution in [-0.4, -0.2) is 22.1 Å². The van der Waals surface area contributed by atoms with Crippen molar-refractivity contribution in [2.24, 2.45) is 11.1 Å². The van der Waals surface area contributed by atoms with Crippen molar-refractivity contribution in [1.82, 2.24) is 10.2 Å². The summed E-state index contributed by atoms with van der Waals surface area (Å²) in [5.74, 6) is -0.0712. The molecule has 1 heterocycles. The second-order valence-electron chi connectivity index (χ2n) is 5.26. The van der Waals surface area contributed by atoms with Crippen LogP contribution in [-0.2, 0) is 4.79 Å². The number of hydrogen-bond acceptors (Lipinski definition) is 3. The van der Waals surface area contributed by atoms with Crippen molar-refractivity contribution in [2.45, 2.75) is 39.7 Å². The second-order valence-corrected chi connectivity index (χ2v) is 5.26. The van der Waals surface area contributed by atoms with Gasteiger partial charge in [0.15, 0.2) is 0 Å². The van der Waals surface area contributed by atoms with Gasteiger partial charge in [-0.25, -0.2) is 0 Å². The molecule has 0 aromatic carbocycles. The molecule has 1 aromatic heterocycles. The van der Waals surface area contributed by atoms with Gasteiger partial charge in [-0.2, -0.15) is 5.10 Å². The molecular weight excluding hydrogens is 204 g/mol. The van der Waals surface area contributed by atoms with Crippen molar-refractivity contribution >= 4 is 11.6 Å². The molecule has 0 aliphatic rings. The van der Waals surface area contributed by atoms with E-state index in [0.29, 0.717) is 12.1 Å². The Morgan fingerprint density at radius 3 is 2.81 bits per heavy atom. The number of anilines is 1. The predicted molar refractivity (Wildman–Crippen MR) is 63.9 cm³/mol. The molecule has 0 radical (unpaired) electrons. The normalized spacial score (nSPS) is 13.5. The number of aromatic nitrogens is 2. The molecule has 1 aromatic rings. The highest BCUT2D eigenvalue weighted by atomic mass is 16.1. The largest absolute Gasteiger partial charge is 0.327 e. The molecule has 0 fully saturated rings. The maximum Gasteiger partial charge on any atom is 0.226 e. The van der Waals surface area contributed by atoms with E-state index in [2.05, 4.69) is 36.3 Å². The van der Waals surface area contributed by atoms with Gasteiger partial charge in [0.25, 0.3) is 0 Å². The first-order valence-corrected chi connectivity index (χ1v) is 5.41. The zero-order valence-electron chi connectivity index (χ0n) is 10.1. The lowest BCUT2D eigenvalue weighted by molar-refractivity contribution is -0.116. The summed E-state index contributed by atoms with van der Waals surface area (Å²) in [6.07, 6.45) is 4.36. The second kappa shape index (κ2) is 5.12. The number of carbonyl (C=O) groups excluding carboxylic acids is 1. The average Bonchev–Trinajstić information content (AvgIpc) is 2.51. The van der Waals surface area contributed by atoms with E-state index >= 15 is 0 Å². The number of hydrogen-bond donors (Lipinski definition) is 3. The summed E-state index contributed by atoms with van der Waals surface area (Å²) in [5, 5.41) is 9.10. The maximum absolute atomic E-state index is 11.6. The molecule has 1 atom stereocenters. The molecule has 16 heavy (non-hydrogen) atoms. The molecule has 0 aliphatic carbocycles. The van der Waals surface area contributed by atoms with Crippen LogP contribution in [0.3, 0.4) is 0 Å². The smallest absolute Gasteiger partial charge is 0.226 e. The maximum atomic E-state index is 11.6. The van der Waals surface area contributed by atoms with Gasteiger partial charge in [0.05, 0.1) is 11.9 Å². The minimum atomic E-state index is -0.105. The molecule has 5 heteroatoms. The molecular formula is C11H20N4O. The molecule has 4 N–H and O–H groups in total. The highest BCUT2D eigenvalue weighted by Crippen LogP contribution is 2.21. The van der Waals surface area contributed by atoms with Crippen LogP contribution >= 0.6 is 0 Å². The summed E-state index contributed by atoms with van der Waals surface area (Å²) in [6, 6.07) is -0.105. The minimum absolute atomic E-state index is 0.0712. The monoisotopic (exact) mass is 224 g/mol. The van der Waals surface area contributed by atoms with E-state index in [9.17, 15) is 4.79 Å². The van der Waals surface area contributed by atoms with E-state index in [0.717, 1.165) is 6.42 Å². The quantitative estimate of drug-likeness (QED) is 0.724. The third-order valence-corrected chi connectivity index (χ3v) is 2.10. The van der Waals surface area contributed by atoms with Crippen LogP contribution in [0.2, 0.25) is 0 Å². The van der Waals surface area contributed by atoms with Gasteiger partial charge < -0.3 is 11.1 Å². The number of H-pyrrole nitrogens is 1.